The van der Waals surface area contributed by atoms with Crippen LogP contribution in [-0.4, -0.2) is 59.6 Å². The van der Waals surface area contributed by atoms with E-state index >= 15 is 0 Å². The van der Waals surface area contributed by atoms with Gasteiger partial charge >= 0.3 is 0 Å². The van der Waals surface area contributed by atoms with Gasteiger partial charge in [0.15, 0.2) is 11.5 Å². The molecular weight excluding hydrogens is 617 g/mol. The summed E-state index contributed by atoms with van der Waals surface area (Å²) in [6.07, 6.45) is 4.98. The number of hydrogen-bond acceptors (Lipinski definition) is 8. The van der Waals surface area contributed by atoms with Gasteiger partial charge in [0, 0.05) is 35.2 Å². The summed E-state index contributed by atoms with van der Waals surface area (Å²) in [6.45, 7) is 2.39. The largest absolute Gasteiger partial charge is 0.493 e. The number of nitrogens with one attached hydrogen (secondary N) is 1. The molecule has 12 heteroatoms. The minimum Gasteiger partial charge on any atom is -0.493 e. The van der Waals surface area contributed by atoms with Gasteiger partial charge in [-0.2, -0.15) is 0 Å². The number of amides is 2. The molecule has 2 amide bonds. The molecule has 1 aliphatic rings. The van der Waals surface area contributed by atoms with Crippen molar-refractivity contribution in [3.8, 4) is 28.7 Å². The molecule has 0 atom stereocenters. The van der Waals surface area contributed by atoms with Crippen molar-refractivity contribution < 1.29 is 28.2 Å². The molecule has 246 valence electrons. The van der Waals surface area contributed by atoms with E-state index in [9.17, 15) is 18.8 Å². The monoisotopic (exact) mass is 651 g/mol. The Morgan fingerprint density at radius 3 is 2.44 bits per heavy atom. The van der Waals surface area contributed by atoms with Gasteiger partial charge in [-0.05, 0) is 105 Å². The molecule has 0 bridgehead atoms. The Morgan fingerprint density at radius 1 is 0.979 bits per heavy atom. The number of pyridine rings is 2. The number of nitrogens with two attached hydrogens (primary N) is 1. The van der Waals surface area contributed by atoms with Gasteiger partial charge in [-0.25, -0.2) is 4.39 Å². The lowest BCUT2D eigenvalue weighted by Crippen LogP contribution is -2.40. The number of carbonyl (C=O) groups is 2. The number of nitrogens with zero attached hydrogens (tertiary/aromatic N) is 3. The zero-order valence-corrected chi connectivity index (χ0v) is 26.2. The van der Waals surface area contributed by atoms with Gasteiger partial charge in [0.1, 0.15) is 22.9 Å². The highest BCUT2D eigenvalue weighted by Crippen LogP contribution is 2.37. The van der Waals surface area contributed by atoms with Crippen molar-refractivity contribution in [3.63, 3.8) is 0 Å². The maximum atomic E-state index is 13.3. The Kier molecular flexibility index (Phi) is 9.62. The number of methoxy groups -OCH3 is 1. The number of anilines is 1. The Balaban J connectivity index is 1.11. The summed E-state index contributed by atoms with van der Waals surface area (Å²) in [5.74, 6) is 1.22. The summed E-state index contributed by atoms with van der Waals surface area (Å²) < 4.78 is 32.7. The maximum Gasteiger partial charge on any atom is 0.267 e. The zero-order chi connectivity index (χ0) is 33.6. The van der Waals surface area contributed by atoms with Crippen LogP contribution in [0.25, 0.3) is 16.6 Å². The van der Waals surface area contributed by atoms with E-state index in [-0.39, 0.29) is 18.0 Å². The molecule has 1 fully saturated rings. The number of halogens is 1. The molecule has 1 saturated heterocycles. The van der Waals surface area contributed by atoms with E-state index in [1.807, 2.05) is 12.1 Å². The van der Waals surface area contributed by atoms with Crippen molar-refractivity contribution in [2.75, 3.05) is 38.7 Å². The molecule has 0 radical (unpaired) electrons. The topological polar surface area (TPSA) is 138 Å². The number of hydrogen-bond donors (Lipinski definition) is 2. The lowest BCUT2D eigenvalue weighted by atomic mass is 9.98. The highest BCUT2D eigenvalue weighted by atomic mass is 19.1. The molecule has 2 aromatic heterocycles. The smallest absolute Gasteiger partial charge is 0.267 e. The van der Waals surface area contributed by atoms with Crippen molar-refractivity contribution in [1.29, 1.82) is 0 Å². The summed E-state index contributed by atoms with van der Waals surface area (Å²) in [7, 11) is 1.58. The first-order valence-corrected chi connectivity index (χ1v) is 15.4. The van der Waals surface area contributed by atoms with Crippen LogP contribution >= 0.6 is 0 Å². The van der Waals surface area contributed by atoms with Crippen LogP contribution in [0.4, 0.5) is 10.1 Å². The van der Waals surface area contributed by atoms with Crippen molar-refractivity contribution >= 4 is 28.4 Å². The van der Waals surface area contributed by atoms with E-state index in [0.717, 1.165) is 31.3 Å². The van der Waals surface area contributed by atoms with Gasteiger partial charge in [0.2, 0.25) is 5.91 Å². The molecule has 0 saturated carbocycles. The number of fused-ring (bicyclic) bond motifs is 1. The van der Waals surface area contributed by atoms with Gasteiger partial charge < -0.3 is 25.3 Å². The van der Waals surface area contributed by atoms with E-state index in [4.69, 9.17) is 19.9 Å². The fourth-order valence-electron chi connectivity index (χ4n) is 5.63. The van der Waals surface area contributed by atoms with Crippen molar-refractivity contribution in [2.45, 2.75) is 12.8 Å². The third-order valence-corrected chi connectivity index (χ3v) is 8.18. The predicted molar refractivity (Wildman–Crippen MR) is 179 cm³/mol. The molecule has 3 aromatic carbocycles. The maximum absolute atomic E-state index is 13.3. The van der Waals surface area contributed by atoms with E-state index in [1.54, 1.807) is 49.7 Å². The second-order valence-corrected chi connectivity index (χ2v) is 11.5. The minimum atomic E-state index is -0.580. The molecular formula is C36H34FN5O6. The number of piperidine rings is 1. The Hall–Kier alpha value is -5.75. The van der Waals surface area contributed by atoms with Crippen LogP contribution < -0.4 is 30.8 Å². The minimum absolute atomic E-state index is 0.0618. The molecule has 6 rings (SSSR count). The summed E-state index contributed by atoms with van der Waals surface area (Å²) in [4.78, 5) is 43.8. The van der Waals surface area contributed by atoms with Crippen molar-refractivity contribution in [2.24, 2.45) is 11.7 Å². The predicted octanol–water partition coefficient (Wildman–Crippen LogP) is 5.15. The van der Waals surface area contributed by atoms with Crippen LogP contribution in [0.2, 0.25) is 0 Å². The average Bonchev–Trinajstić information content (AvgIpc) is 3.09. The second-order valence-electron chi connectivity index (χ2n) is 11.5. The van der Waals surface area contributed by atoms with E-state index in [2.05, 4.69) is 15.2 Å². The first kappa shape index (κ1) is 32.2. The quantitative estimate of drug-likeness (QED) is 0.200. The molecule has 1 aliphatic heterocycles. The molecule has 0 spiro atoms. The van der Waals surface area contributed by atoms with Gasteiger partial charge in [0.05, 0.1) is 25.8 Å². The summed E-state index contributed by atoms with van der Waals surface area (Å²) in [5.41, 5.74) is 6.30. The van der Waals surface area contributed by atoms with Gasteiger partial charge in [-0.15, -0.1) is 0 Å². The highest BCUT2D eigenvalue weighted by Gasteiger charge is 2.22. The Morgan fingerprint density at radius 2 is 1.73 bits per heavy atom. The molecule has 3 N–H and O–H groups in total. The summed E-state index contributed by atoms with van der Waals surface area (Å²) in [6, 6.07) is 20.6. The van der Waals surface area contributed by atoms with Gasteiger partial charge in [0.25, 0.3) is 11.5 Å². The Bertz CT molecular complexity index is 1990. The zero-order valence-electron chi connectivity index (χ0n) is 26.2. The van der Waals surface area contributed by atoms with Crippen molar-refractivity contribution in [3.05, 3.63) is 113 Å². The van der Waals surface area contributed by atoms with Crippen LogP contribution in [0, 0.1) is 11.7 Å². The first-order chi connectivity index (χ1) is 23.3. The molecule has 0 aliphatic carbocycles. The van der Waals surface area contributed by atoms with Crippen LogP contribution in [0.5, 0.6) is 23.0 Å². The number of benzene rings is 3. The lowest BCUT2D eigenvalue weighted by Gasteiger charge is -2.31. The van der Waals surface area contributed by atoms with Crippen LogP contribution in [0.1, 0.15) is 23.2 Å². The fraction of sp³-hybridized carbons (Fsp3) is 0.222. The Labute approximate surface area is 275 Å². The normalized spacial score (nSPS) is 13.6. The molecule has 3 heterocycles. The van der Waals surface area contributed by atoms with Gasteiger partial charge in [-0.1, -0.05) is 0 Å². The molecule has 48 heavy (non-hydrogen) atoms. The average molecular weight is 652 g/mol. The summed E-state index contributed by atoms with van der Waals surface area (Å²) in [5, 5.41) is 3.47. The third-order valence-electron chi connectivity index (χ3n) is 8.18. The van der Waals surface area contributed by atoms with E-state index in [1.165, 1.54) is 41.1 Å². The number of ether oxygens (including phenoxy) is 3. The fourth-order valence-corrected chi connectivity index (χ4v) is 5.63. The SMILES string of the molecule is COc1cc2c(Oc3ccc(NC(=O)c4cccn(-c5ccc(F)cc5)c4=O)cc3)ccnc2cc1OCC1CCN(CC(N)=O)CC1. The third kappa shape index (κ3) is 7.45. The number of aromatic nitrogens is 2. The van der Waals surface area contributed by atoms with Crippen LogP contribution in [0.3, 0.4) is 0 Å². The number of rotatable bonds is 11. The lowest BCUT2D eigenvalue weighted by molar-refractivity contribution is -0.119. The van der Waals surface area contributed by atoms with E-state index in [0.29, 0.717) is 52.4 Å². The molecule has 0 unspecified atom stereocenters. The number of carbonyl (C=O) groups excluding carboxylic acids is 2. The highest BCUT2D eigenvalue weighted by molar-refractivity contribution is 6.04. The summed E-state index contributed by atoms with van der Waals surface area (Å²) >= 11 is 0. The van der Waals surface area contributed by atoms with Crippen molar-refractivity contribution in [1.82, 2.24) is 14.5 Å². The van der Waals surface area contributed by atoms with E-state index < -0.39 is 17.3 Å². The van der Waals surface area contributed by atoms with Gasteiger partial charge in [-0.3, -0.25) is 28.8 Å². The standard InChI is InChI=1S/C36H34FN5O6/c1-46-32-19-29-30(20-33(32)47-22-23-13-17-41(18-14-23)21-34(38)43)39-15-12-31(29)48-27-10-6-25(7-11-27)40-35(44)28-3-2-16-42(36(28)45)26-8-4-24(37)5-9-26/h2-12,15-16,19-20,23H,13-14,17-18,21-22H2,1H3,(H2,38,43)(H,40,44). The number of primary amides is 1. The van der Waals surface area contributed by atoms with Crippen LogP contribution in [-0.2, 0) is 4.79 Å². The molecule has 5 aromatic rings. The first-order valence-electron chi connectivity index (χ1n) is 15.4. The second kappa shape index (κ2) is 14.3. The number of likely N-dealkylation sites (tertiary alicyclic amines) is 1. The van der Waals surface area contributed by atoms with Crippen LogP contribution in [0.15, 0.2) is 96.1 Å². The molecule has 11 nitrogen and oxygen atoms in total.